The fraction of sp³-hybridized carbons (Fsp3) is 0. The van der Waals surface area contributed by atoms with Crippen LogP contribution in [0.15, 0.2) is 60.7 Å². The van der Waals surface area contributed by atoms with E-state index in [1.54, 1.807) is 24.3 Å². The average Bonchev–Trinajstić information content (AvgIpc) is 2.63. The van der Waals surface area contributed by atoms with Crippen molar-refractivity contribution >= 4 is 40.6 Å². The maximum absolute atomic E-state index is 13.9. The molecular formula is C19H11Cl2FN2O2. The molecule has 3 aromatic rings. The molecule has 7 heteroatoms. The monoisotopic (exact) mass is 388 g/mol. The first-order valence-corrected chi connectivity index (χ1v) is 8.24. The minimum Gasteiger partial charge on any atom is -0.320 e. The number of benzene rings is 2. The van der Waals surface area contributed by atoms with E-state index in [0.717, 1.165) is 0 Å². The lowest BCUT2D eigenvalue weighted by atomic mass is 10.1. The molecule has 3 rings (SSSR count). The molecule has 1 heterocycles. The van der Waals surface area contributed by atoms with Gasteiger partial charge in [0.1, 0.15) is 16.7 Å². The van der Waals surface area contributed by atoms with Crippen molar-refractivity contribution in [2.24, 2.45) is 0 Å². The highest BCUT2D eigenvalue weighted by Crippen LogP contribution is 2.22. The summed E-state index contributed by atoms with van der Waals surface area (Å²) in [5.41, 5.74) is 0.158. The second-order valence-electron chi connectivity index (χ2n) is 5.30. The van der Waals surface area contributed by atoms with Gasteiger partial charge in [0.2, 0.25) is 5.78 Å². The highest BCUT2D eigenvalue weighted by molar-refractivity contribution is 6.31. The summed E-state index contributed by atoms with van der Waals surface area (Å²) >= 11 is 11.7. The smallest absolute Gasteiger partial charge is 0.255 e. The lowest BCUT2D eigenvalue weighted by molar-refractivity contribution is 0.102. The molecule has 0 bridgehead atoms. The van der Waals surface area contributed by atoms with Crippen molar-refractivity contribution in [3.63, 3.8) is 0 Å². The number of ketones is 1. The van der Waals surface area contributed by atoms with Gasteiger partial charge in [-0.05, 0) is 48.5 Å². The van der Waals surface area contributed by atoms with Gasteiger partial charge in [-0.25, -0.2) is 9.37 Å². The second kappa shape index (κ2) is 7.64. The standard InChI is InChI=1S/C19H11Cl2FN2O2/c20-12-7-5-11(6-8-12)19(26)23-15-9-10-16(21)24-17(15)18(25)13-3-1-2-4-14(13)22/h1-10H,(H,23,26). The zero-order chi connectivity index (χ0) is 18.7. The molecule has 0 fully saturated rings. The summed E-state index contributed by atoms with van der Waals surface area (Å²) in [5, 5.41) is 3.14. The quantitative estimate of drug-likeness (QED) is 0.504. The van der Waals surface area contributed by atoms with Crippen molar-refractivity contribution in [3.8, 4) is 0 Å². The van der Waals surface area contributed by atoms with E-state index < -0.39 is 17.5 Å². The molecule has 4 nitrogen and oxygen atoms in total. The van der Waals surface area contributed by atoms with Gasteiger partial charge in [0.05, 0.1) is 11.3 Å². The molecule has 0 spiro atoms. The van der Waals surface area contributed by atoms with Gasteiger partial charge in [-0.3, -0.25) is 9.59 Å². The van der Waals surface area contributed by atoms with E-state index >= 15 is 0 Å². The zero-order valence-corrected chi connectivity index (χ0v) is 14.7. The second-order valence-corrected chi connectivity index (χ2v) is 6.12. The summed E-state index contributed by atoms with van der Waals surface area (Å²) in [4.78, 5) is 29.0. The van der Waals surface area contributed by atoms with E-state index in [2.05, 4.69) is 10.3 Å². The van der Waals surface area contributed by atoms with E-state index in [1.807, 2.05) is 0 Å². The number of hydrogen-bond acceptors (Lipinski definition) is 3. The van der Waals surface area contributed by atoms with Crippen molar-refractivity contribution in [1.82, 2.24) is 4.98 Å². The molecule has 0 atom stereocenters. The highest BCUT2D eigenvalue weighted by atomic mass is 35.5. The summed E-state index contributed by atoms with van der Waals surface area (Å²) in [6.45, 7) is 0. The Morgan fingerprint density at radius 1 is 0.923 bits per heavy atom. The van der Waals surface area contributed by atoms with Gasteiger partial charge in [-0.1, -0.05) is 35.3 Å². The maximum Gasteiger partial charge on any atom is 0.255 e. The van der Waals surface area contributed by atoms with E-state index in [-0.39, 0.29) is 22.1 Å². The Bertz CT molecular complexity index is 991. The van der Waals surface area contributed by atoms with E-state index in [0.29, 0.717) is 10.6 Å². The first kappa shape index (κ1) is 18.0. The molecule has 0 saturated carbocycles. The Morgan fingerprint density at radius 2 is 1.62 bits per heavy atom. The van der Waals surface area contributed by atoms with Crippen LogP contribution in [0.2, 0.25) is 10.2 Å². The molecule has 130 valence electrons. The molecule has 0 aliphatic heterocycles. The fourth-order valence-corrected chi connectivity index (χ4v) is 2.55. The van der Waals surface area contributed by atoms with Crippen molar-refractivity contribution in [2.45, 2.75) is 0 Å². The molecule has 0 aliphatic carbocycles. The van der Waals surface area contributed by atoms with Crippen molar-refractivity contribution in [1.29, 1.82) is 0 Å². The molecule has 1 aromatic heterocycles. The molecule has 0 radical (unpaired) electrons. The number of halogens is 3. The third-order valence-electron chi connectivity index (χ3n) is 3.55. The fourth-order valence-electron chi connectivity index (χ4n) is 2.28. The van der Waals surface area contributed by atoms with Crippen LogP contribution in [0.25, 0.3) is 0 Å². The SMILES string of the molecule is O=C(Nc1ccc(Cl)nc1C(=O)c1ccccc1F)c1ccc(Cl)cc1. The lowest BCUT2D eigenvalue weighted by Crippen LogP contribution is -2.17. The Morgan fingerprint density at radius 3 is 2.31 bits per heavy atom. The average molecular weight is 389 g/mol. The largest absolute Gasteiger partial charge is 0.320 e. The third kappa shape index (κ3) is 3.90. The van der Waals surface area contributed by atoms with Gasteiger partial charge in [0.15, 0.2) is 0 Å². The molecule has 26 heavy (non-hydrogen) atoms. The molecule has 0 aliphatic rings. The van der Waals surface area contributed by atoms with Crippen LogP contribution in [0.5, 0.6) is 0 Å². The Hall–Kier alpha value is -2.76. The first-order chi connectivity index (χ1) is 12.5. The van der Waals surface area contributed by atoms with Crippen molar-refractivity contribution in [3.05, 3.63) is 93.5 Å². The number of anilines is 1. The van der Waals surface area contributed by atoms with Crippen molar-refractivity contribution in [2.75, 3.05) is 5.32 Å². The topological polar surface area (TPSA) is 59.1 Å². The summed E-state index contributed by atoms with van der Waals surface area (Å²) < 4.78 is 13.9. The zero-order valence-electron chi connectivity index (χ0n) is 13.2. The van der Waals surface area contributed by atoms with Crippen LogP contribution < -0.4 is 5.32 Å². The highest BCUT2D eigenvalue weighted by Gasteiger charge is 2.20. The molecule has 1 N–H and O–H groups in total. The maximum atomic E-state index is 13.9. The number of carbonyl (C=O) groups excluding carboxylic acids is 2. The predicted octanol–water partition coefficient (Wildman–Crippen LogP) is 5.01. The van der Waals surface area contributed by atoms with E-state index in [9.17, 15) is 14.0 Å². The normalized spacial score (nSPS) is 10.4. The number of nitrogens with one attached hydrogen (secondary N) is 1. The predicted molar refractivity (Wildman–Crippen MR) is 98.5 cm³/mol. The number of amides is 1. The third-order valence-corrected chi connectivity index (χ3v) is 4.01. The molecule has 0 unspecified atom stereocenters. The van der Waals surface area contributed by atoms with E-state index in [4.69, 9.17) is 23.2 Å². The van der Waals surface area contributed by atoms with Gasteiger partial charge >= 0.3 is 0 Å². The van der Waals surface area contributed by atoms with Crippen LogP contribution in [0, 0.1) is 5.82 Å². The summed E-state index contributed by atoms with van der Waals surface area (Å²) in [7, 11) is 0. The number of pyridine rings is 1. The number of aromatic nitrogens is 1. The van der Waals surface area contributed by atoms with Gasteiger partial charge in [-0.15, -0.1) is 0 Å². The van der Waals surface area contributed by atoms with Crippen molar-refractivity contribution < 1.29 is 14.0 Å². The molecule has 0 saturated heterocycles. The summed E-state index contributed by atoms with van der Waals surface area (Å²) in [5.74, 6) is -1.83. The van der Waals surface area contributed by atoms with Crippen LogP contribution in [-0.4, -0.2) is 16.7 Å². The number of nitrogens with zero attached hydrogens (tertiary/aromatic N) is 1. The Kier molecular flexibility index (Phi) is 5.30. The summed E-state index contributed by atoms with van der Waals surface area (Å²) in [6, 6.07) is 14.6. The Balaban J connectivity index is 1.96. The minimum atomic E-state index is -0.686. The minimum absolute atomic E-state index is 0.0502. The van der Waals surface area contributed by atoms with Crippen LogP contribution >= 0.6 is 23.2 Å². The number of carbonyl (C=O) groups is 2. The molecule has 1 amide bonds. The number of rotatable bonds is 4. The molecule has 2 aromatic carbocycles. The van der Waals surface area contributed by atoms with E-state index in [1.165, 1.54) is 36.4 Å². The lowest BCUT2D eigenvalue weighted by Gasteiger charge is -2.11. The van der Waals surface area contributed by atoms with Crippen LogP contribution in [0.4, 0.5) is 10.1 Å². The number of hydrogen-bond donors (Lipinski definition) is 1. The first-order valence-electron chi connectivity index (χ1n) is 7.48. The van der Waals surface area contributed by atoms with Crippen LogP contribution in [0.3, 0.4) is 0 Å². The van der Waals surface area contributed by atoms with Gasteiger partial charge in [0.25, 0.3) is 5.91 Å². The molecular weight excluding hydrogens is 378 g/mol. The van der Waals surface area contributed by atoms with Gasteiger partial charge < -0.3 is 5.32 Å². The summed E-state index contributed by atoms with van der Waals surface area (Å²) in [6.07, 6.45) is 0. The van der Waals surface area contributed by atoms with Gasteiger partial charge in [-0.2, -0.15) is 0 Å². The van der Waals surface area contributed by atoms with Gasteiger partial charge in [0, 0.05) is 10.6 Å². The van der Waals surface area contributed by atoms with Crippen LogP contribution in [0.1, 0.15) is 26.4 Å². The van der Waals surface area contributed by atoms with Crippen LogP contribution in [-0.2, 0) is 0 Å². The Labute approximate surface area is 158 Å².